The third kappa shape index (κ3) is 6.35. The third-order valence-corrected chi connectivity index (χ3v) is 4.34. The summed E-state index contributed by atoms with van der Waals surface area (Å²) in [5.74, 6) is 0.703. The molecule has 8 nitrogen and oxygen atoms in total. The normalized spacial score (nSPS) is 13.2. The molecule has 154 valence electrons. The van der Waals surface area contributed by atoms with E-state index in [1.54, 1.807) is 32.9 Å². The minimum absolute atomic E-state index is 0.247. The number of rotatable bonds is 6. The van der Waals surface area contributed by atoms with Gasteiger partial charge in [0.25, 0.3) is 10.1 Å². The Morgan fingerprint density at radius 3 is 2.29 bits per heavy atom. The molecule has 1 N–H and O–H groups in total. The first-order chi connectivity index (χ1) is 12.9. The SMILES string of the molecule is Cc1noc(C)c1-c1ccc(C(COS(C)(=O)=O)NC(=O)OC(C)(C)C)cc1. The van der Waals surface area contributed by atoms with Gasteiger partial charge in [0.15, 0.2) is 0 Å². The summed E-state index contributed by atoms with van der Waals surface area (Å²) in [5.41, 5.74) is 2.56. The lowest BCUT2D eigenvalue weighted by atomic mass is 10.00. The highest BCUT2D eigenvalue weighted by Crippen LogP contribution is 2.28. The fourth-order valence-electron chi connectivity index (χ4n) is 2.64. The second kappa shape index (κ2) is 8.32. The Hall–Kier alpha value is -2.39. The molecule has 1 aromatic carbocycles. The Morgan fingerprint density at radius 1 is 1.21 bits per heavy atom. The molecule has 0 fully saturated rings. The van der Waals surface area contributed by atoms with Crippen molar-refractivity contribution in [2.45, 2.75) is 46.3 Å². The number of carbonyl (C=O) groups is 1. The Kier molecular flexibility index (Phi) is 6.51. The molecule has 1 amide bonds. The largest absolute Gasteiger partial charge is 0.444 e. The van der Waals surface area contributed by atoms with Crippen LogP contribution in [0.25, 0.3) is 11.1 Å². The molecule has 0 aliphatic carbocycles. The number of benzene rings is 1. The van der Waals surface area contributed by atoms with Crippen LogP contribution in [-0.2, 0) is 19.0 Å². The molecule has 28 heavy (non-hydrogen) atoms. The molecular weight excluding hydrogens is 384 g/mol. The number of carbonyl (C=O) groups excluding carboxylic acids is 1. The van der Waals surface area contributed by atoms with Crippen molar-refractivity contribution < 1.29 is 26.7 Å². The lowest BCUT2D eigenvalue weighted by molar-refractivity contribution is 0.0487. The molecule has 9 heteroatoms. The summed E-state index contributed by atoms with van der Waals surface area (Å²) in [4.78, 5) is 12.2. The van der Waals surface area contributed by atoms with Crippen LogP contribution in [0, 0.1) is 13.8 Å². The number of ether oxygens (including phenoxy) is 1. The number of aryl methyl sites for hydroxylation is 2. The van der Waals surface area contributed by atoms with E-state index in [9.17, 15) is 13.2 Å². The number of hydrogen-bond donors (Lipinski definition) is 1. The quantitative estimate of drug-likeness (QED) is 0.726. The van der Waals surface area contributed by atoms with Gasteiger partial charge in [0.1, 0.15) is 11.4 Å². The van der Waals surface area contributed by atoms with Gasteiger partial charge in [-0.05, 0) is 45.7 Å². The molecule has 0 spiro atoms. The molecule has 1 atom stereocenters. The van der Waals surface area contributed by atoms with Gasteiger partial charge in [0, 0.05) is 5.56 Å². The van der Waals surface area contributed by atoms with Crippen LogP contribution in [0.3, 0.4) is 0 Å². The van der Waals surface area contributed by atoms with E-state index in [0.29, 0.717) is 11.3 Å². The van der Waals surface area contributed by atoms with Gasteiger partial charge in [-0.25, -0.2) is 4.79 Å². The molecule has 0 radical (unpaired) electrons. The Morgan fingerprint density at radius 2 is 1.82 bits per heavy atom. The molecule has 0 aliphatic rings. The van der Waals surface area contributed by atoms with Crippen LogP contribution in [0.4, 0.5) is 4.79 Å². The number of alkyl carbamates (subject to hydrolysis) is 1. The number of aromatic nitrogens is 1. The summed E-state index contributed by atoms with van der Waals surface area (Å²) in [5, 5.41) is 6.60. The average molecular weight is 410 g/mol. The van der Waals surface area contributed by atoms with Gasteiger partial charge in [0.2, 0.25) is 0 Å². The summed E-state index contributed by atoms with van der Waals surface area (Å²) >= 11 is 0. The van der Waals surface area contributed by atoms with Crippen LogP contribution in [0.5, 0.6) is 0 Å². The van der Waals surface area contributed by atoms with Gasteiger partial charge >= 0.3 is 6.09 Å². The number of hydrogen-bond acceptors (Lipinski definition) is 7. The fraction of sp³-hybridized carbons (Fsp3) is 0.474. The summed E-state index contributed by atoms with van der Waals surface area (Å²) in [7, 11) is -3.67. The Balaban J connectivity index is 2.25. The van der Waals surface area contributed by atoms with Gasteiger partial charge in [-0.15, -0.1) is 0 Å². The summed E-state index contributed by atoms with van der Waals surface area (Å²) < 4.78 is 38.1. The van der Waals surface area contributed by atoms with Crippen molar-refractivity contribution in [3.05, 3.63) is 41.3 Å². The highest BCUT2D eigenvalue weighted by molar-refractivity contribution is 7.85. The zero-order valence-electron chi connectivity index (χ0n) is 16.9. The molecule has 1 unspecified atom stereocenters. The smallest absolute Gasteiger partial charge is 0.408 e. The monoisotopic (exact) mass is 410 g/mol. The first-order valence-corrected chi connectivity index (χ1v) is 10.5. The van der Waals surface area contributed by atoms with Gasteiger partial charge in [-0.1, -0.05) is 29.4 Å². The maximum atomic E-state index is 12.2. The zero-order valence-corrected chi connectivity index (χ0v) is 17.7. The fourth-order valence-corrected chi connectivity index (χ4v) is 3.02. The first-order valence-electron chi connectivity index (χ1n) is 8.73. The van der Waals surface area contributed by atoms with Gasteiger partial charge < -0.3 is 14.6 Å². The molecule has 2 rings (SSSR count). The van der Waals surface area contributed by atoms with E-state index in [4.69, 9.17) is 13.4 Å². The van der Waals surface area contributed by atoms with E-state index in [1.165, 1.54) is 0 Å². The topological polar surface area (TPSA) is 108 Å². The van der Waals surface area contributed by atoms with Crippen LogP contribution >= 0.6 is 0 Å². The van der Waals surface area contributed by atoms with E-state index in [2.05, 4.69) is 10.5 Å². The van der Waals surface area contributed by atoms with Crippen molar-refractivity contribution in [3.63, 3.8) is 0 Å². The first kappa shape index (κ1) is 21.9. The van der Waals surface area contributed by atoms with Crippen molar-refractivity contribution >= 4 is 16.2 Å². The van der Waals surface area contributed by atoms with E-state index in [-0.39, 0.29) is 6.61 Å². The van der Waals surface area contributed by atoms with Crippen LogP contribution < -0.4 is 5.32 Å². The van der Waals surface area contributed by atoms with E-state index in [0.717, 1.165) is 23.1 Å². The van der Waals surface area contributed by atoms with Crippen molar-refractivity contribution in [3.8, 4) is 11.1 Å². The molecule has 1 heterocycles. The lowest BCUT2D eigenvalue weighted by Crippen LogP contribution is -2.37. The number of nitrogens with zero attached hydrogens (tertiary/aromatic N) is 1. The Labute approximate surface area is 165 Å². The number of amides is 1. The summed E-state index contributed by atoms with van der Waals surface area (Å²) in [6.45, 7) is 8.67. The van der Waals surface area contributed by atoms with Crippen LogP contribution in [-0.4, -0.2) is 38.1 Å². The van der Waals surface area contributed by atoms with Crippen LogP contribution in [0.1, 0.15) is 43.8 Å². The molecule has 0 bridgehead atoms. The minimum Gasteiger partial charge on any atom is -0.444 e. The van der Waals surface area contributed by atoms with Crippen molar-refractivity contribution in [2.24, 2.45) is 0 Å². The van der Waals surface area contributed by atoms with E-state index in [1.807, 2.05) is 26.0 Å². The highest BCUT2D eigenvalue weighted by Gasteiger charge is 2.22. The highest BCUT2D eigenvalue weighted by atomic mass is 32.2. The lowest BCUT2D eigenvalue weighted by Gasteiger charge is -2.23. The molecule has 0 aliphatic heterocycles. The predicted octanol–water partition coefficient (Wildman–Crippen LogP) is 3.50. The Bertz CT molecular complexity index is 907. The van der Waals surface area contributed by atoms with Crippen molar-refractivity contribution in [1.29, 1.82) is 0 Å². The summed E-state index contributed by atoms with van der Waals surface area (Å²) in [6, 6.07) is 6.57. The molecule has 2 aromatic rings. The summed E-state index contributed by atoms with van der Waals surface area (Å²) in [6.07, 6.45) is 0.294. The van der Waals surface area contributed by atoms with Gasteiger partial charge in [-0.2, -0.15) is 8.42 Å². The molecule has 1 aromatic heterocycles. The van der Waals surface area contributed by atoms with Crippen molar-refractivity contribution in [1.82, 2.24) is 10.5 Å². The molecular formula is C19H26N2O6S. The molecule has 0 saturated carbocycles. The maximum absolute atomic E-state index is 12.2. The van der Waals surface area contributed by atoms with E-state index < -0.39 is 27.9 Å². The second-order valence-corrected chi connectivity index (χ2v) is 9.15. The van der Waals surface area contributed by atoms with Crippen LogP contribution in [0.15, 0.2) is 28.8 Å². The number of nitrogens with one attached hydrogen (secondary N) is 1. The van der Waals surface area contributed by atoms with Crippen LogP contribution in [0.2, 0.25) is 0 Å². The predicted molar refractivity (Wildman–Crippen MR) is 104 cm³/mol. The van der Waals surface area contributed by atoms with Gasteiger partial charge in [-0.3, -0.25) is 4.18 Å². The standard InChI is InChI=1S/C19H26N2O6S/c1-12-17(13(2)27-21-12)15-9-7-14(8-10-15)16(11-25-28(6,23)24)20-18(22)26-19(3,4)5/h7-10,16H,11H2,1-6H3,(H,20,22). The maximum Gasteiger partial charge on any atom is 0.408 e. The zero-order chi connectivity index (χ0) is 21.1. The van der Waals surface area contributed by atoms with Crippen molar-refractivity contribution in [2.75, 3.05) is 12.9 Å². The third-order valence-electron chi connectivity index (χ3n) is 3.77. The molecule has 0 saturated heterocycles. The average Bonchev–Trinajstić information content (AvgIpc) is 2.88. The minimum atomic E-state index is -3.67. The second-order valence-electron chi connectivity index (χ2n) is 7.51. The van der Waals surface area contributed by atoms with E-state index >= 15 is 0 Å². The van der Waals surface area contributed by atoms with Gasteiger partial charge in [0.05, 0.1) is 24.6 Å².